The van der Waals surface area contributed by atoms with Gasteiger partial charge in [0.2, 0.25) is 11.7 Å². The van der Waals surface area contributed by atoms with Gasteiger partial charge in [-0.3, -0.25) is 19.2 Å². The largest absolute Gasteiger partial charge is 0.458 e. The standard InChI is InChI=1S/C32H47NO7/c1-30-14-12-22(34)16-21(30)8-9-23-24-13-15-32(39,31(24,2)17-25(35)29(23)30)26(36)19-40-28(38)11-10-27(37)33-18-20-6-4-3-5-7-20/h16,20,23-25,29,35,39H,3-15,17-19H2,1-2H3,(H,33,37)/t23-,24+,25-,29-,30-,31-,32-/m0/s1. The van der Waals surface area contributed by atoms with Crippen molar-refractivity contribution in [3.63, 3.8) is 0 Å². The van der Waals surface area contributed by atoms with Crippen LogP contribution in [-0.2, 0) is 23.9 Å². The molecule has 5 aliphatic rings. The first-order chi connectivity index (χ1) is 19.0. The number of carbonyl (C=O) groups excluding carboxylic acids is 4. The zero-order chi connectivity index (χ0) is 28.7. The van der Waals surface area contributed by atoms with Gasteiger partial charge in [-0.15, -0.1) is 0 Å². The molecule has 0 saturated heterocycles. The second-order valence-corrected chi connectivity index (χ2v) is 13.9. The molecule has 8 heteroatoms. The van der Waals surface area contributed by atoms with Gasteiger partial charge in [-0.2, -0.15) is 0 Å². The van der Waals surface area contributed by atoms with E-state index in [0.717, 1.165) is 37.7 Å². The van der Waals surface area contributed by atoms with Crippen molar-refractivity contribution < 1.29 is 34.1 Å². The average Bonchev–Trinajstić information content (AvgIpc) is 3.20. The van der Waals surface area contributed by atoms with Crippen LogP contribution >= 0.6 is 0 Å². The van der Waals surface area contributed by atoms with E-state index in [2.05, 4.69) is 12.2 Å². The smallest absolute Gasteiger partial charge is 0.306 e. The van der Waals surface area contributed by atoms with Crippen molar-refractivity contribution in [3.8, 4) is 0 Å². The fourth-order valence-electron chi connectivity index (χ4n) is 9.44. The van der Waals surface area contributed by atoms with E-state index in [1.165, 1.54) is 19.3 Å². The summed E-state index contributed by atoms with van der Waals surface area (Å²) in [6.07, 6.45) is 11.0. The van der Waals surface area contributed by atoms with E-state index in [1.807, 2.05) is 6.92 Å². The van der Waals surface area contributed by atoms with Crippen LogP contribution in [0.1, 0.15) is 104 Å². The van der Waals surface area contributed by atoms with E-state index < -0.39 is 35.5 Å². The summed E-state index contributed by atoms with van der Waals surface area (Å²) in [6, 6.07) is 0. The van der Waals surface area contributed by atoms with Crippen LogP contribution in [-0.4, -0.2) is 58.5 Å². The Balaban J connectivity index is 1.16. The third-order valence-corrected chi connectivity index (χ3v) is 11.7. The topological polar surface area (TPSA) is 130 Å². The maximum atomic E-state index is 13.4. The number of allylic oxidation sites excluding steroid dienone is 1. The molecule has 0 radical (unpaired) electrons. The van der Waals surface area contributed by atoms with Crippen LogP contribution in [0, 0.1) is 34.5 Å². The summed E-state index contributed by atoms with van der Waals surface area (Å²) in [5, 5.41) is 26.2. The molecule has 0 bridgehead atoms. The van der Waals surface area contributed by atoms with Crippen molar-refractivity contribution in [1.82, 2.24) is 5.32 Å². The van der Waals surface area contributed by atoms with E-state index in [0.29, 0.717) is 31.7 Å². The first-order valence-corrected chi connectivity index (χ1v) is 15.6. The first-order valence-electron chi connectivity index (χ1n) is 15.6. The van der Waals surface area contributed by atoms with Crippen molar-refractivity contribution in [1.29, 1.82) is 0 Å². The van der Waals surface area contributed by atoms with Gasteiger partial charge in [0, 0.05) is 24.8 Å². The van der Waals surface area contributed by atoms with Gasteiger partial charge < -0.3 is 20.3 Å². The molecule has 4 saturated carbocycles. The van der Waals surface area contributed by atoms with Gasteiger partial charge in [0.25, 0.3) is 0 Å². The van der Waals surface area contributed by atoms with Crippen LogP contribution < -0.4 is 5.32 Å². The quantitative estimate of drug-likeness (QED) is 0.387. The summed E-state index contributed by atoms with van der Waals surface area (Å²) >= 11 is 0. The second-order valence-electron chi connectivity index (χ2n) is 13.9. The normalized spacial score (nSPS) is 39.4. The number of rotatable bonds is 8. The monoisotopic (exact) mass is 557 g/mol. The van der Waals surface area contributed by atoms with Gasteiger partial charge in [-0.25, -0.2) is 0 Å². The molecule has 40 heavy (non-hydrogen) atoms. The van der Waals surface area contributed by atoms with Crippen LogP contribution in [0.5, 0.6) is 0 Å². The molecule has 0 unspecified atom stereocenters. The first kappa shape index (κ1) is 29.4. The van der Waals surface area contributed by atoms with Crippen LogP contribution in [0.15, 0.2) is 11.6 Å². The molecule has 0 aromatic rings. The maximum Gasteiger partial charge on any atom is 0.306 e. The van der Waals surface area contributed by atoms with Crippen molar-refractivity contribution in [2.75, 3.05) is 13.2 Å². The van der Waals surface area contributed by atoms with E-state index in [9.17, 15) is 29.4 Å². The number of carbonyl (C=O) groups is 4. The summed E-state index contributed by atoms with van der Waals surface area (Å²) in [4.78, 5) is 50.1. The minimum absolute atomic E-state index is 0.00165. The number of aliphatic hydroxyl groups excluding tert-OH is 1. The van der Waals surface area contributed by atoms with Crippen molar-refractivity contribution >= 4 is 23.4 Å². The highest BCUT2D eigenvalue weighted by Crippen LogP contribution is 2.67. The molecular formula is C32H47NO7. The highest BCUT2D eigenvalue weighted by atomic mass is 16.5. The second kappa shape index (κ2) is 11.3. The van der Waals surface area contributed by atoms with E-state index in [4.69, 9.17) is 4.74 Å². The molecule has 4 fully saturated rings. The SMILES string of the molecule is C[C@]12CCC(=O)C=C1CC[C@@H]1[C@H]2[C@@H](O)C[C@@]2(C)[C@@H]1CC[C@]2(O)C(=O)COC(=O)CCC(=O)NCC1CCCCC1. The minimum Gasteiger partial charge on any atom is -0.458 e. The fraction of sp³-hybridized carbons (Fsp3) is 0.812. The summed E-state index contributed by atoms with van der Waals surface area (Å²) in [6.45, 7) is 4.20. The molecule has 8 nitrogen and oxygen atoms in total. The Hall–Kier alpha value is -2.06. The summed E-state index contributed by atoms with van der Waals surface area (Å²) in [5.41, 5.74) is -1.59. The fourth-order valence-corrected chi connectivity index (χ4v) is 9.44. The Kier molecular flexibility index (Phi) is 8.33. The van der Waals surface area contributed by atoms with Crippen LogP contribution in [0.2, 0.25) is 0 Å². The number of esters is 1. The van der Waals surface area contributed by atoms with Gasteiger partial charge >= 0.3 is 5.97 Å². The predicted octanol–water partition coefficient (Wildman–Crippen LogP) is 3.81. The molecule has 5 rings (SSSR count). The maximum absolute atomic E-state index is 13.4. The minimum atomic E-state index is -1.68. The van der Waals surface area contributed by atoms with Crippen molar-refractivity contribution in [2.24, 2.45) is 34.5 Å². The van der Waals surface area contributed by atoms with Crippen LogP contribution in [0.4, 0.5) is 0 Å². The Morgan fingerprint density at radius 1 is 1.02 bits per heavy atom. The molecule has 7 atom stereocenters. The molecule has 0 aliphatic heterocycles. The van der Waals surface area contributed by atoms with Gasteiger partial charge in [0.1, 0.15) is 5.60 Å². The Bertz CT molecular complexity index is 1060. The average molecular weight is 558 g/mol. The number of nitrogens with one attached hydrogen (secondary N) is 1. The molecule has 0 spiro atoms. The van der Waals surface area contributed by atoms with Crippen molar-refractivity contribution in [2.45, 2.75) is 115 Å². The summed E-state index contributed by atoms with van der Waals surface area (Å²) in [7, 11) is 0. The molecule has 5 aliphatic carbocycles. The lowest BCUT2D eigenvalue weighted by Gasteiger charge is -2.60. The zero-order valence-electron chi connectivity index (χ0n) is 24.2. The number of hydrogen-bond acceptors (Lipinski definition) is 7. The summed E-state index contributed by atoms with van der Waals surface area (Å²) in [5.74, 6) is -0.450. The van der Waals surface area contributed by atoms with Crippen molar-refractivity contribution in [3.05, 3.63) is 11.6 Å². The van der Waals surface area contributed by atoms with Crippen LogP contribution in [0.25, 0.3) is 0 Å². The van der Waals surface area contributed by atoms with E-state index in [-0.39, 0.29) is 54.1 Å². The highest BCUT2D eigenvalue weighted by Gasteiger charge is 2.68. The Morgan fingerprint density at radius 2 is 1.77 bits per heavy atom. The Morgan fingerprint density at radius 3 is 2.52 bits per heavy atom. The number of ketones is 2. The molecular weight excluding hydrogens is 510 g/mol. The third kappa shape index (κ3) is 5.19. The molecule has 0 heterocycles. The summed E-state index contributed by atoms with van der Waals surface area (Å²) < 4.78 is 5.25. The predicted molar refractivity (Wildman–Crippen MR) is 148 cm³/mol. The zero-order valence-corrected chi connectivity index (χ0v) is 24.2. The molecule has 3 N–H and O–H groups in total. The number of fused-ring (bicyclic) bond motifs is 5. The lowest BCUT2D eigenvalue weighted by Crippen LogP contribution is -2.62. The lowest BCUT2D eigenvalue weighted by molar-refractivity contribution is -0.184. The number of amides is 1. The number of hydrogen-bond donors (Lipinski definition) is 3. The lowest BCUT2D eigenvalue weighted by atomic mass is 9.45. The van der Waals surface area contributed by atoms with Gasteiger partial charge in [0.15, 0.2) is 12.4 Å². The number of Topliss-reactive ketones (excluding diaryl/α,β-unsaturated/α-hetero) is 1. The Labute approximate surface area is 237 Å². The van der Waals surface area contributed by atoms with Gasteiger partial charge in [0.05, 0.1) is 12.5 Å². The molecule has 0 aromatic carbocycles. The number of aliphatic hydroxyl groups is 2. The molecule has 0 aromatic heterocycles. The van der Waals surface area contributed by atoms with E-state index >= 15 is 0 Å². The molecule has 222 valence electrons. The third-order valence-electron chi connectivity index (χ3n) is 11.7. The van der Waals surface area contributed by atoms with Crippen LogP contribution in [0.3, 0.4) is 0 Å². The number of ether oxygens (including phenoxy) is 1. The van der Waals surface area contributed by atoms with Gasteiger partial charge in [-0.1, -0.05) is 38.7 Å². The van der Waals surface area contributed by atoms with E-state index in [1.54, 1.807) is 6.08 Å². The highest BCUT2D eigenvalue weighted by molar-refractivity contribution is 5.92. The molecule has 1 amide bonds. The van der Waals surface area contributed by atoms with Gasteiger partial charge in [-0.05, 0) is 86.5 Å².